The third kappa shape index (κ3) is 4.50. The summed E-state index contributed by atoms with van der Waals surface area (Å²) >= 11 is 0. The third-order valence-electron chi connectivity index (χ3n) is 4.13. The first-order chi connectivity index (χ1) is 8.54. The predicted octanol–water partition coefficient (Wildman–Crippen LogP) is 1.24. The minimum atomic E-state index is -0.183. The number of rotatable bonds is 7. The Morgan fingerprint density at radius 3 is 2.83 bits per heavy atom. The van der Waals surface area contributed by atoms with E-state index in [9.17, 15) is 5.11 Å². The molecule has 0 aliphatic carbocycles. The largest absolute Gasteiger partial charge is 0.394 e. The van der Waals surface area contributed by atoms with Crippen LogP contribution in [0.25, 0.3) is 0 Å². The van der Waals surface area contributed by atoms with Crippen LogP contribution in [0.1, 0.15) is 40.0 Å². The summed E-state index contributed by atoms with van der Waals surface area (Å²) in [4.78, 5) is 2.50. The Kier molecular flexibility index (Phi) is 6.57. The van der Waals surface area contributed by atoms with Crippen molar-refractivity contribution in [3.63, 3.8) is 0 Å². The van der Waals surface area contributed by atoms with Gasteiger partial charge in [-0.15, -0.1) is 0 Å². The van der Waals surface area contributed by atoms with Gasteiger partial charge in [0.25, 0.3) is 0 Å². The lowest BCUT2D eigenvalue weighted by atomic mass is 9.93. The Labute approximate surface area is 112 Å². The highest BCUT2D eigenvalue weighted by Gasteiger charge is 2.29. The molecule has 0 radical (unpaired) electrons. The number of nitrogens with one attached hydrogen (secondary N) is 1. The fourth-order valence-electron chi connectivity index (χ4n) is 2.77. The van der Waals surface area contributed by atoms with E-state index >= 15 is 0 Å². The van der Waals surface area contributed by atoms with Crippen molar-refractivity contribution in [2.24, 2.45) is 0 Å². The molecule has 2 N–H and O–H groups in total. The molecule has 1 aliphatic heterocycles. The van der Waals surface area contributed by atoms with Gasteiger partial charge in [0.1, 0.15) is 0 Å². The van der Waals surface area contributed by atoms with Gasteiger partial charge < -0.3 is 15.2 Å². The van der Waals surface area contributed by atoms with Crippen LogP contribution in [0.3, 0.4) is 0 Å². The number of nitrogens with zero attached hydrogens (tertiary/aromatic N) is 1. The Balaban J connectivity index is 2.47. The summed E-state index contributed by atoms with van der Waals surface area (Å²) in [5.41, 5.74) is -0.183. The molecule has 0 amide bonds. The smallest absolute Gasteiger partial charge is 0.0702 e. The van der Waals surface area contributed by atoms with Crippen molar-refractivity contribution in [1.82, 2.24) is 10.2 Å². The van der Waals surface area contributed by atoms with Crippen molar-refractivity contribution in [2.75, 3.05) is 33.4 Å². The maximum absolute atomic E-state index is 9.46. The number of aliphatic hydroxyl groups is 1. The molecule has 0 spiro atoms. The fourth-order valence-corrected chi connectivity index (χ4v) is 2.77. The van der Waals surface area contributed by atoms with E-state index in [1.54, 1.807) is 0 Å². The molecule has 18 heavy (non-hydrogen) atoms. The number of likely N-dealkylation sites (tertiary alicyclic amines) is 1. The lowest BCUT2D eigenvalue weighted by Gasteiger charge is -2.40. The van der Waals surface area contributed by atoms with E-state index in [1.807, 2.05) is 7.05 Å². The molecule has 1 rings (SSSR count). The molecule has 0 bridgehead atoms. The number of aliphatic hydroxyl groups excluding tert-OH is 1. The maximum Gasteiger partial charge on any atom is 0.0702 e. The number of hydrogen-bond donors (Lipinski definition) is 2. The molecule has 108 valence electrons. The van der Waals surface area contributed by atoms with E-state index in [4.69, 9.17) is 4.74 Å². The van der Waals surface area contributed by atoms with Gasteiger partial charge in [0.2, 0.25) is 0 Å². The second-order valence-corrected chi connectivity index (χ2v) is 5.74. The molecule has 0 aromatic carbocycles. The van der Waals surface area contributed by atoms with Crippen LogP contribution in [0.5, 0.6) is 0 Å². The molecule has 3 atom stereocenters. The van der Waals surface area contributed by atoms with Gasteiger partial charge in [-0.2, -0.15) is 0 Å². The molecule has 1 heterocycles. The lowest BCUT2D eigenvalue weighted by molar-refractivity contribution is -0.0109. The molecule has 4 nitrogen and oxygen atoms in total. The van der Waals surface area contributed by atoms with E-state index in [1.165, 1.54) is 12.8 Å². The van der Waals surface area contributed by atoms with Crippen LogP contribution in [0.15, 0.2) is 0 Å². The average Bonchev–Trinajstić information content (AvgIpc) is 2.39. The minimum Gasteiger partial charge on any atom is -0.394 e. The van der Waals surface area contributed by atoms with Gasteiger partial charge in [-0.05, 0) is 53.6 Å². The van der Waals surface area contributed by atoms with E-state index < -0.39 is 0 Å². The summed E-state index contributed by atoms with van der Waals surface area (Å²) in [6.45, 7) is 9.55. The molecule has 3 unspecified atom stereocenters. The Morgan fingerprint density at radius 1 is 1.56 bits per heavy atom. The van der Waals surface area contributed by atoms with Crippen molar-refractivity contribution in [2.45, 2.75) is 57.7 Å². The van der Waals surface area contributed by atoms with E-state index in [2.05, 4.69) is 31.0 Å². The van der Waals surface area contributed by atoms with Crippen LogP contribution in [-0.4, -0.2) is 61.0 Å². The maximum atomic E-state index is 9.46. The molecule has 1 aliphatic rings. The average molecular weight is 258 g/mol. The molecule has 1 fully saturated rings. The van der Waals surface area contributed by atoms with Crippen molar-refractivity contribution in [3.05, 3.63) is 0 Å². The summed E-state index contributed by atoms with van der Waals surface area (Å²) in [6, 6.07) is 0.470. The first-order valence-corrected chi connectivity index (χ1v) is 7.20. The highest BCUT2D eigenvalue weighted by Crippen LogP contribution is 2.21. The molecule has 0 aromatic rings. The summed E-state index contributed by atoms with van der Waals surface area (Å²) in [6.07, 6.45) is 3.74. The van der Waals surface area contributed by atoms with Gasteiger partial charge in [-0.25, -0.2) is 0 Å². The first-order valence-electron chi connectivity index (χ1n) is 7.20. The zero-order valence-electron chi connectivity index (χ0n) is 12.4. The van der Waals surface area contributed by atoms with Gasteiger partial charge in [0.05, 0.1) is 12.7 Å². The van der Waals surface area contributed by atoms with Crippen molar-refractivity contribution >= 4 is 0 Å². The minimum absolute atomic E-state index is 0.177. The predicted molar refractivity (Wildman–Crippen MR) is 74.9 cm³/mol. The zero-order valence-corrected chi connectivity index (χ0v) is 12.4. The molecular formula is C14H30N2O2. The quantitative estimate of drug-likeness (QED) is 0.721. The van der Waals surface area contributed by atoms with Crippen molar-refractivity contribution < 1.29 is 9.84 Å². The van der Waals surface area contributed by atoms with E-state index in [0.717, 1.165) is 26.1 Å². The Hall–Kier alpha value is -0.160. The van der Waals surface area contributed by atoms with Gasteiger partial charge in [0, 0.05) is 24.7 Å². The number of hydrogen-bond acceptors (Lipinski definition) is 4. The van der Waals surface area contributed by atoms with Crippen LogP contribution in [-0.2, 0) is 4.74 Å². The number of ether oxygens (including phenoxy) is 1. The van der Waals surface area contributed by atoms with Crippen molar-refractivity contribution in [3.8, 4) is 0 Å². The molecule has 0 aromatic heterocycles. The monoisotopic (exact) mass is 258 g/mol. The number of likely N-dealkylation sites (N-methyl/N-ethyl adjacent to an activating group) is 1. The van der Waals surface area contributed by atoms with Gasteiger partial charge in [0.15, 0.2) is 0 Å². The highest BCUT2D eigenvalue weighted by molar-refractivity contribution is 4.87. The summed E-state index contributed by atoms with van der Waals surface area (Å²) in [5, 5.41) is 12.7. The van der Waals surface area contributed by atoms with Crippen LogP contribution in [0.4, 0.5) is 0 Å². The van der Waals surface area contributed by atoms with E-state index in [0.29, 0.717) is 12.1 Å². The normalized spacial score (nSPS) is 26.8. The topological polar surface area (TPSA) is 44.7 Å². The molecular weight excluding hydrogens is 228 g/mol. The SMILES string of the molecule is CCOC1CCCN(C(C)CC(C)(CO)NC)C1. The summed E-state index contributed by atoms with van der Waals surface area (Å²) < 4.78 is 5.74. The standard InChI is InChI=1S/C14H30N2O2/c1-5-18-13-7-6-8-16(10-13)12(2)9-14(3,11-17)15-4/h12-13,15,17H,5-11H2,1-4H3. The Morgan fingerprint density at radius 2 is 2.28 bits per heavy atom. The first kappa shape index (κ1) is 15.9. The molecule has 1 saturated heterocycles. The number of piperidine rings is 1. The van der Waals surface area contributed by atoms with Gasteiger partial charge in [-0.1, -0.05) is 0 Å². The highest BCUT2D eigenvalue weighted by atomic mass is 16.5. The van der Waals surface area contributed by atoms with Crippen LogP contribution >= 0.6 is 0 Å². The van der Waals surface area contributed by atoms with E-state index in [-0.39, 0.29) is 12.1 Å². The van der Waals surface area contributed by atoms with Crippen LogP contribution in [0.2, 0.25) is 0 Å². The summed E-state index contributed by atoms with van der Waals surface area (Å²) in [7, 11) is 1.92. The second kappa shape index (κ2) is 7.43. The van der Waals surface area contributed by atoms with Crippen LogP contribution in [0, 0.1) is 0 Å². The van der Waals surface area contributed by atoms with Gasteiger partial charge in [-0.3, -0.25) is 4.90 Å². The fraction of sp³-hybridized carbons (Fsp3) is 1.00. The van der Waals surface area contributed by atoms with Gasteiger partial charge >= 0.3 is 0 Å². The lowest BCUT2D eigenvalue weighted by Crippen LogP contribution is -2.51. The summed E-state index contributed by atoms with van der Waals surface area (Å²) in [5.74, 6) is 0. The second-order valence-electron chi connectivity index (χ2n) is 5.74. The molecule has 0 saturated carbocycles. The zero-order chi connectivity index (χ0) is 13.6. The Bertz CT molecular complexity index is 230. The molecule has 4 heteroatoms. The third-order valence-corrected chi connectivity index (χ3v) is 4.13. The van der Waals surface area contributed by atoms with Crippen LogP contribution < -0.4 is 5.32 Å². The van der Waals surface area contributed by atoms with Crippen molar-refractivity contribution in [1.29, 1.82) is 0 Å².